The number of hydrogen-bond donors (Lipinski definition) is 0. The standard InChI is InChI=1S/C26H25N/c1-3-27(17-16-20(2)21-10-5-4-6-11-21)26-15-9-14-24-18-22-12-7-8-13-23(22)19-25(24)26/h4-15,18-19H,2-3,16-17H2,1H3. The second-order valence-corrected chi connectivity index (χ2v) is 7.00. The number of benzene rings is 4. The van der Waals surface area contributed by atoms with E-state index in [1.165, 1.54) is 38.4 Å². The predicted octanol–water partition coefficient (Wildman–Crippen LogP) is 6.92. The van der Waals surface area contributed by atoms with Gasteiger partial charge in [-0.25, -0.2) is 0 Å². The molecule has 27 heavy (non-hydrogen) atoms. The van der Waals surface area contributed by atoms with Crippen molar-refractivity contribution < 1.29 is 0 Å². The molecule has 0 fully saturated rings. The summed E-state index contributed by atoms with van der Waals surface area (Å²) in [7, 11) is 0. The number of nitrogens with zero attached hydrogens (tertiary/aromatic N) is 1. The minimum atomic E-state index is 0.960. The maximum Gasteiger partial charge on any atom is 0.0446 e. The summed E-state index contributed by atoms with van der Waals surface area (Å²) in [5.74, 6) is 0. The maximum atomic E-state index is 4.30. The molecule has 0 heterocycles. The van der Waals surface area contributed by atoms with Gasteiger partial charge >= 0.3 is 0 Å². The van der Waals surface area contributed by atoms with Gasteiger partial charge in [-0.05, 0) is 58.8 Å². The molecule has 0 unspecified atom stereocenters. The van der Waals surface area contributed by atoms with Crippen LogP contribution in [0.1, 0.15) is 18.9 Å². The Bertz CT molecular complexity index is 1080. The Morgan fingerprint density at radius 3 is 2.19 bits per heavy atom. The topological polar surface area (TPSA) is 3.24 Å². The van der Waals surface area contributed by atoms with Crippen molar-refractivity contribution in [2.75, 3.05) is 18.0 Å². The SMILES string of the molecule is C=C(CCN(CC)c1cccc2cc3ccccc3cc12)c1ccccc1. The van der Waals surface area contributed by atoms with Crippen molar-refractivity contribution in [1.82, 2.24) is 0 Å². The van der Waals surface area contributed by atoms with Gasteiger partial charge in [-0.2, -0.15) is 0 Å². The van der Waals surface area contributed by atoms with Crippen LogP contribution in [0.2, 0.25) is 0 Å². The van der Waals surface area contributed by atoms with Gasteiger partial charge in [-0.1, -0.05) is 73.3 Å². The summed E-state index contributed by atoms with van der Waals surface area (Å²) in [6.45, 7) is 8.48. The molecule has 0 radical (unpaired) electrons. The highest BCUT2D eigenvalue weighted by Crippen LogP contribution is 2.31. The van der Waals surface area contributed by atoms with Gasteiger partial charge in [0.05, 0.1) is 0 Å². The van der Waals surface area contributed by atoms with Gasteiger partial charge in [0.1, 0.15) is 0 Å². The van der Waals surface area contributed by atoms with Crippen LogP contribution in [0, 0.1) is 0 Å². The fraction of sp³-hybridized carbons (Fsp3) is 0.154. The van der Waals surface area contributed by atoms with Crippen LogP contribution in [0.3, 0.4) is 0 Å². The highest BCUT2D eigenvalue weighted by molar-refractivity contribution is 6.03. The lowest BCUT2D eigenvalue weighted by atomic mass is 10.0. The van der Waals surface area contributed by atoms with Gasteiger partial charge < -0.3 is 4.90 Å². The van der Waals surface area contributed by atoms with Crippen molar-refractivity contribution in [2.24, 2.45) is 0 Å². The number of fused-ring (bicyclic) bond motifs is 2. The third kappa shape index (κ3) is 3.59. The summed E-state index contributed by atoms with van der Waals surface area (Å²) in [5.41, 5.74) is 3.74. The van der Waals surface area contributed by atoms with Crippen molar-refractivity contribution in [3.05, 3.63) is 97.1 Å². The molecule has 134 valence electrons. The van der Waals surface area contributed by atoms with E-state index in [1.54, 1.807) is 0 Å². The summed E-state index contributed by atoms with van der Waals surface area (Å²) in [4.78, 5) is 2.46. The largest absolute Gasteiger partial charge is 0.371 e. The lowest BCUT2D eigenvalue weighted by molar-refractivity contribution is 0.833. The van der Waals surface area contributed by atoms with Crippen molar-refractivity contribution in [1.29, 1.82) is 0 Å². The van der Waals surface area contributed by atoms with Crippen LogP contribution in [0.15, 0.2) is 91.5 Å². The second-order valence-electron chi connectivity index (χ2n) is 7.00. The van der Waals surface area contributed by atoms with Crippen LogP contribution in [-0.4, -0.2) is 13.1 Å². The van der Waals surface area contributed by atoms with Crippen LogP contribution >= 0.6 is 0 Å². The Morgan fingerprint density at radius 1 is 0.778 bits per heavy atom. The van der Waals surface area contributed by atoms with Crippen LogP contribution in [-0.2, 0) is 0 Å². The number of hydrogen-bond acceptors (Lipinski definition) is 1. The smallest absolute Gasteiger partial charge is 0.0446 e. The van der Waals surface area contributed by atoms with E-state index in [0.29, 0.717) is 0 Å². The Hall–Kier alpha value is -3.06. The summed E-state index contributed by atoms with van der Waals surface area (Å²) < 4.78 is 0. The van der Waals surface area contributed by atoms with Crippen molar-refractivity contribution in [2.45, 2.75) is 13.3 Å². The molecule has 0 spiro atoms. The molecule has 0 bridgehead atoms. The molecule has 1 nitrogen and oxygen atoms in total. The maximum absolute atomic E-state index is 4.30. The molecular formula is C26H25N. The van der Waals surface area contributed by atoms with Crippen LogP contribution in [0.25, 0.3) is 27.1 Å². The lowest BCUT2D eigenvalue weighted by Crippen LogP contribution is -2.24. The van der Waals surface area contributed by atoms with Gasteiger partial charge in [0.2, 0.25) is 0 Å². The zero-order chi connectivity index (χ0) is 18.6. The van der Waals surface area contributed by atoms with Crippen LogP contribution in [0.5, 0.6) is 0 Å². The molecule has 0 aliphatic rings. The molecule has 1 heteroatoms. The van der Waals surface area contributed by atoms with Crippen molar-refractivity contribution >= 4 is 32.8 Å². The molecule has 0 atom stereocenters. The molecule has 0 aliphatic carbocycles. The third-order valence-electron chi connectivity index (χ3n) is 5.31. The van der Waals surface area contributed by atoms with Gasteiger partial charge in [-0.15, -0.1) is 0 Å². The first-order valence-electron chi connectivity index (χ1n) is 9.66. The Labute approximate surface area is 161 Å². The second kappa shape index (κ2) is 7.67. The molecule has 0 saturated carbocycles. The number of anilines is 1. The lowest BCUT2D eigenvalue weighted by Gasteiger charge is -2.25. The third-order valence-corrected chi connectivity index (χ3v) is 5.31. The van der Waals surface area contributed by atoms with Crippen molar-refractivity contribution in [3.63, 3.8) is 0 Å². The molecule has 0 amide bonds. The van der Waals surface area contributed by atoms with E-state index in [0.717, 1.165) is 19.5 Å². The fourth-order valence-corrected chi connectivity index (χ4v) is 3.76. The Balaban J connectivity index is 1.64. The van der Waals surface area contributed by atoms with Crippen molar-refractivity contribution in [3.8, 4) is 0 Å². The van der Waals surface area contributed by atoms with Gasteiger partial charge in [-0.3, -0.25) is 0 Å². The molecule has 4 aromatic rings. The molecule has 0 aromatic heterocycles. The quantitative estimate of drug-likeness (QED) is 0.341. The van der Waals surface area contributed by atoms with E-state index < -0.39 is 0 Å². The monoisotopic (exact) mass is 351 g/mol. The Kier molecular flexibility index (Phi) is 4.93. The van der Waals surface area contributed by atoms with E-state index in [-0.39, 0.29) is 0 Å². The zero-order valence-electron chi connectivity index (χ0n) is 15.9. The fourth-order valence-electron chi connectivity index (χ4n) is 3.76. The average Bonchev–Trinajstić information content (AvgIpc) is 2.73. The van der Waals surface area contributed by atoms with E-state index in [4.69, 9.17) is 0 Å². The Morgan fingerprint density at radius 2 is 1.44 bits per heavy atom. The predicted molar refractivity (Wildman–Crippen MR) is 119 cm³/mol. The molecule has 4 aromatic carbocycles. The normalized spacial score (nSPS) is 11.0. The van der Waals surface area contributed by atoms with Crippen LogP contribution < -0.4 is 4.90 Å². The minimum absolute atomic E-state index is 0.960. The van der Waals surface area contributed by atoms with E-state index in [1.807, 2.05) is 0 Å². The summed E-state index contributed by atoms with van der Waals surface area (Å²) in [6, 6.07) is 30.3. The highest BCUT2D eigenvalue weighted by atomic mass is 15.1. The first kappa shape index (κ1) is 17.4. The van der Waals surface area contributed by atoms with E-state index in [9.17, 15) is 0 Å². The van der Waals surface area contributed by atoms with Crippen LogP contribution in [0.4, 0.5) is 5.69 Å². The van der Waals surface area contributed by atoms with Gasteiger partial charge in [0, 0.05) is 24.2 Å². The molecule has 0 saturated heterocycles. The molecule has 4 rings (SSSR count). The molecule has 0 N–H and O–H groups in total. The highest BCUT2D eigenvalue weighted by Gasteiger charge is 2.10. The molecular weight excluding hydrogens is 326 g/mol. The first-order chi connectivity index (χ1) is 13.3. The minimum Gasteiger partial charge on any atom is -0.371 e. The zero-order valence-corrected chi connectivity index (χ0v) is 15.9. The van der Waals surface area contributed by atoms with Gasteiger partial charge in [0.25, 0.3) is 0 Å². The summed E-state index contributed by atoms with van der Waals surface area (Å²) in [5, 5.41) is 5.21. The average molecular weight is 351 g/mol. The van der Waals surface area contributed by atoms with E-state index in [2.05, 4.69) is 103 Å². The molecule has 0 aliphatic heterocycles. The van der Waals surface area contributed by atoms with Gasteiger partial charge in [0.15, 0.2) is 0 Å². The van der Waals surface area contributed by atoms with E-state index >= 15 is 0 Å². The summed E-state index contributed by atoms with van der Waals surface area (Å²) in [6.07, 6.45) is 0.960. The first-order valence-corrected chi connectivity index (χ1v) is 9.66. The number of rotatable bonds is 6. The summed E-state index contributed by atoms with van der Waals surface area (Å²) >= 11 is 0.